The summed E-state index contributed by atoms with van der Waals surface area (Å²) in [5.74, 6) is -2.04. The zero-order valence-electron chi connectivity index (χ0n) is 9.70. The Balaban J connectivity index is 2.52. The van der Waals surface area contributed by atoms with Crippen LogP contribution in [0.1, 0.15) is 20.7 Å². The van der Waals surface area contributed by atoms with Crippen LogP contribution in [0.3, 0.4) is 0 Å². The Kier molecular flexibility index (Phi) is 3.42. The summed E-state index contributed by atoms with van der Waals surface area (Å²) >= 11 is 0. The number of aromatic carboxylic acids is 2. The molecule has 6 nitrogen and oxygen atoms in total. The molecule has 0 amide bonds. The van der Waals surface area contributed by atoms with Crippen molar-refractivity contribution in [3.05, 3.63) is 53.7 Å². The molecule has 0 atom stereocenters. The molecular formula is C13H10N2O4. The van der Waals surface area contributed by atoms with Crippen LogP contribution in [0.15, 0.2) is 42.6 Å². The summed E-state index contributed by atoms with van der Waals surface area (Å²) in [6.07, 6.45) is 1.52. The summed E-state index contributed by atoms with van der Waals surface area (Å²) < 4.78 is 0. The maximum Gasteiger partial charge on any atom is 0.337 e. The Bertz CT molecular complexity index is 594. The number of anilines is 2. The van der Waals surface area contributed by atoms with Crippen molar-refractivity contribution < 1.29 is 19.8 Å². The van der Waals surface area contributed by atoms with Gasteiger partial charge in [-0.2, -0.15) is 0 Å². The Morgan fingerprint density at radius 1 is 0.947 bits per heavy atom. The Morgan fingerprint density at radius 2 is 1.58 bits per heavy atom. The minimum Gasteiger partial charge on any atom is -0.478 e. The molecule has 0 aliphatic rings. The first kappa shape index (κ1) is 12.6. The minimum atomic E-state index is -1.21. The lowest BCUT2D eigenvalue weighted by atomic mass is 10.1. The van der Waals surface area contributed by atoms with Crippen LogP contribution < -0.4 is 5.32 Å². The van der Waals surface area contributed by atoms with Gasteiger partial charge in [-0.25, -0.2) is 14.6 Å². The monoisotopic (exact) mass is 258 g/mol. The van der Waals surface area contributed by atoms with Gasteiger partial charge in [0.05, 0.1) is 16.8 Å². The number of carbonyl (C=O) groups is 2. The summed E-state index contributed by atoms with van der Waals surface area (Å²) in [7, 11) is 0. The smallest absolute Gasteiger partial charge is 0.337 e. The number of para-hydroxylation sites is 1. The summed E-state index contributed by atoms with van der Waals surface area (Å²) in [4.78, 5) is 26.2. The van der Waals surface area contributed by atoms with E-state index in [4.69, 9.17) is 10.2 Å². The fourth-order valence-corrected chi connectivity index (χ4v) is 1.61. The number of hydrogen-bond acceptors (Lipinski definition) is 4. The predicted octanol–water partition coefficient (Wildman–Crippen LogP) is 2.22. The summed E-state index contributed by atoms with van der Waals surface area (Å²) in [5, 5.41) is 20.9. The van der Waals surface area contributed by atoms with Crippen LogP contribution in [0.25, 0.3) is 0 Å². The van der Waals surface area contributed by atoms with Crippen molar-refractivity contribution in [2.45, 2.75) is 0 Å². The molecule has 1 aromatic heterocycles. The van der Waals surface area contributed by atoms with E-state index in [0.717, 1.165) is 0 Å². The van der Waals surface area contributed by atoms with Gasteiger partial charge in [0.25, 0.3) is 0 Å². The molecule has 0 radical (unpaired) electrons. The number of aromatic nitrogens is 1. The van der Waals surface area contributed by atoms with E-state index in [2.05, 4.69) is 10.3 Å². The van der Waals surface area contributed by atoms with Crippen molar-refractivity contribution in [2.24, 2.45) is 0 Å². The Morgan fingerprint density at radius 3 is 2.05 bits per heavy atom. The van der Waals surface area contributed by atoms with E-state index in [1.807, 2.05) is 0 Å². The lowest BCUT2D eigenvalue weighted by molar-refractivity contribution is 0.0696. The molecule has 0 aliphatic heterocycles. The number of nitrogens with one attached hydrogen (secondary N) is 1. The van der Waals surface area contributed by atoms with Crippen molar-refractivity contribution in [2.75, 3.05) is 5.32 Å². The third kappa shape index (κ3) is 2.68. The van der Waals surface area contributed by atoms with Gasteiger partial charge in [-0.15, -0.1) is 0 Å². The van der Waals surface area contributed by atoms with Crippen molar-refractivity contribution >= 4 is 23.4 Å². The number of hydrogen-bond donors (Lipinski definition) is 3. The fraction of sp³-hybridized carbons (Fsp3) is 0. The zero-order valence-corrected chi connectivity index (χ0v) is 9.70. The molecule has 0 unspecified atom stereocenters. The number of benzene rings is 1. The first-order chi connectivity index (χ1) is 9.09. The maximum atomic E-state index is 11.1. The summed E-state index contributed by atoms with van der Waals surface area (Å²) in [6, 6.07) is 9.08. The molecule has 3 N–H and O–H groups in total. The molecule has 96 valence electrons. The van der Waals surface area contributed by atoms with E-state index in [1.54, 1.807) is 18.2 Å². The van der Waals surface area contributed by atoms with Gasteiger partial charge in [0, 0.05) is 6.20 Å². The fourth-order valence-electron chi connectivity index (χ4n) is 1.61. The molecule has 0 saturated heterocycles. The molecule has 0 fully saturated rings. The van der Waals surface area contributed by atoms with Crippen LogP contribution >= 0.6 is 0 Å². The van der Waals surface area contributed by atoms with Crippen LogP contribution in [0.5, 0.6) is 0 Å². The van der Waals surface area contributed by atoms with Gasteiger partial charge < -0.3 is 15.5 Å². The molecule has 0 saturated carbocycles. The molecular weight excluding hydrogens is 248 g/mol. The number of nitrogens with zero attached hydrogens (tertiary/aromatic N) is 1. The van der Waals surface area contributed by atoms with E-state index in [1.165, 1.54) is 24.4 Å². The second kappa shape index (κ2) is 5.18. The van der Waals surface area contributed by atoms with Gasteiger partial charge in [0.2, 0.25) is 0 Å². The van der Waals surface area contributed by atoms with Crippen molar-refractivity contribution in [3.63, 3.8) is 0 Å². The predicted molar refractivity (Wildman–Crippen MR) is 67.9 cm³/mol. The van der Waals surface area contributed by atoms with E-state index in [9.17, 15) is 9.59 Å². The SMILES string of the molecule is O=C(O)c1cccc(C(=O)O)c1Nc1ccccn1. The van der Waals surface area contributed by atoms with Crippen molar-refractivity contribution in [1.29, 1.82) is 0 Å². The van der Waals surface area contributed by atoms with Crippen LogP contribution in [0.4, 0.5) is 11.5 Å². The molecule has 19 heavy (non-hydrogen) atoms. The Hall–Kier alpha value is -2.89. The highest BCUT2D eigenvalue weighted by atomic mass is 16.4. The van der Waals surface area contributed by atoms with E-state index < -0.39 is 11.9 Å². The first-order valence-electron chi connectivity index (χ1n) is 5.37. The minimum absolute atomic E-state index is 0.0150. The zero-order chi connectivity index (χ0) is 13.8. The van der Waals surface area contributed by atoms with Gasteiger partial charge in [0.1, 0.15) is 5.82 Å². The second-order valence-corrected chi connectivity index (χ2v) is 3.68. The molecule has 0 aliphatic carbocycles. The number of carboxylic acid groups (broad SMARTS) is 2. The Labute approximate surface area is 108 Å². The molecule has 0 bridgehead atoms. The van der Waals surface area contributed by atoms with Gasteiger partial charge in [-0.1, -0.05) is 12.1 Å². The van der Waals surface area contributed by atoms with Crippen LogP contribution in [0.2, 0.25) is 0 Å². The van der Waals surface area contributed by atoms with Crippen LogP contribution in [-0.4, -0.2) is 27.1 Å². The highest BCUT2D eigenvalue weighted by Crippen LogP contribution is 2.24. The third-order valence-electron chi connectivity index (χ3n) is 2.44. The molecule has 1 heterocycles. The number of pyridine rings is 1. The van der Waals surface area contributed by atoms with Gasteiger partial charge in [-0.3, -0.25) is 0 Å². The van der Waals surface area contributed by atoms with Crippen molar-refractivity contribution in [3.8, 4) is 0 Å². The van der Waals surface area contributed by atoms with Crippen LogP contribution in [-0.2, 0) is 0 Å². The van der Waals surface area contributed by atoms with Gasteiger partial charge >= 0.3 is 11.9 Å². The molecule has 2 aromatic rings. The molecule has 6 heteroatoms. The molecule has 1 aromatic carbocycles. The van der Waals surface area contributed by atoms with Gasteiger partial charge in [0.15, 0.2) is 0 Å². The van der Waals surface area contributed by atoms with E-state index in [-0.39, 0.29) is 16.8 Å². The quantitative estimate of drug-likeness (QED) is 0.777. The molecule has 0 spiro atoms. The standard InChI is InChI=1S/C13H10N2O4/c16-12(17)8-4-3-5-9(13(18)19)11(8)15-10-6-1-2-7-14-10/h1-7H,(H,14,15)(H,16,17)(H,18,19). The van der Waals surface area contributed by atoms with E-state index >= 15 is 0 Å². The van der Waals surface area contributed by atoms with Crippen LogP contribution in [0, 0.1) is 0 Å². The first-order valence-corrected chi connectivity index (χ1v) is 5.37. The topological polar surface area (TPSA) is 99.5 Å². The lowest BCUT2D eigenvalue weighted by Gasteiger charge is -2.11. The van der Waals surface area contributed by atoms with E-state index in [0.29, 0.717) is 5.82 Å². The average molecular weight is 258 g/mol. The lowest BCUT2D eigenvalue weighted by Crippen LogP contribution is -2.09. The number of carboxylic acids is 2. The largest absolute Gasteiger partial charge is 0.478 e. The van der Waals surface area contributed by atoms with Gasteiger partial charge in [-0.05, 0) is 24.3 Å². The molecule has 2 rings (SSSR count). The highest BCUT2D eigenvalue weighted by Gasteiger charge is 2.18. The average Bonchev–Trinajstić information content (AvgIpc) is 2.39. The second-order valence-electron chi connectivity index (χ2n) is 3.68. The summed E-state index contributed by atoms with van der Waals surface area (Å²) in [6.45, 7) is 0. The third-order valence-corrected chi connectivity index (χ3v) is 2.44. The van der Waals surface area contributed by atoms with Crippen molar-refractivity contribution in [1.82, 2.24) is 4.98 Å². The normalized spacial score (nSPS) is 9.89. The highest BCUT2D eigenvalue weighted by molar-refractivity contribution is 6.04. The number of rotatable bonds is 4. The maximum absolute atomic E-state index is 11.1. The summed E-state index contributed by atoms with van der Waals surface area (Å²) in [5.41, 5.74) is -0.225.